The third-order valence-corrected chi connectivity index (χ3v) is 9.26. The van der Waals surface area contributed by atoms with E-state index in [4.69, 9.17) is 19.4 Å². The summed E-state index contributed by atoms with van der Waals surface area (Å²) in [5.41, 5.74) is 11.7. The topological polar surface area (TPSA) is 88.5 Å². The van der Waals surface area contributed by atoms with Gasteiger partial charge in [-0.2, -0.15) is 5.26 Å². The van der Waals surface area contributed by atoms with Crippen LogP contribution in [0.5, 0.6) is 0 Å². The van der Waals surface area contributed by atoms with Gasteiger partial charge < -0.3 is 4.42 Å². The number of oxazole rings is 1. The van der Waals surface area contributed by atoms with Gasteiger partial charge in [0.1, 0.15) is 5.52 Å². The molecule has 0 N–H and O–H groups in total. The molecule has 0 spiro atoms. The summed E-state index contributed by atoms with van der Waals surface area (Å²) in [6.07, 6.45) is 0. The molecule has 0 aliphatic heterocycles. The molecule has 0 radical (unpaired) electrons. The summed E-state index contributed by atoms with van der Waals surface area (Å²) < 4.78 is 6.04. The lowest BCUT2D eigenvalue weighted by Crippen LogP contribution is -2.02. The Balaban J connectivity index is 1.17. The average molecular weight is 680 g/mol. The quantitative estimate of drug-likeness (QED) is 0.167. The molecular formula is C47H29N5O. The maximum atomic E-state index is 9.63. The fraction of sp³-hybridized carbons (Fsp3) is 0. The second-order valence-corrected chi connectivity index (χ2v) is 12.6. The first kappa shape index (κ1) is 31.5. The molecule has 0 bridgehead atoms. The van der Waals surface area contributed by atoms with Crippen LogP contribution in [-0.2, 0) is 0 Å². The van der Waals surface area contributed by atoms with Gasteiger partial charge in [-0.15, -0.1) is 0 Å². The number of hydrogen-bond donors (Lipinski definition) is 0. The lowest BCUT2D eigenvalue weighted by molar-refractivity contribution is 0.620. The van der Waals surface area contributed by atoms with Crippen LogP contribution >= 0.6 is 0 Å². The van der Waals surface area contributed by atoms with Crippen molar-refractivity contribution in [1.82, 2.24) is 19.9 Å². The molecule has 7 aromatic carbocycles. The molecular weight excluding hydrogens is 651 g/mol. The molecule has 6 nitrogen and oxygen atoms in total. The minimum absolute atomic E-state index is 0.546. The van der Waals surface area contributed by atoms with Gasteiger partial charge in [-0.3, -0.25) is 0 Å². The molecule has 9 rings (SSSR count). The van der Waals surface area contributed by atoms with Crippen molar-refractivity contribution >= 4 is 11.1 Å². The van der Waals surface area contributed by atoms with Crippen molar-refractivity contribution in [2.24, 2.45) is 0 Å². The second kappa shape index (κ2) is 13.7. The van der Waals surface area contributed by atoms with Crippen LogP contribution in [0.25, 0.3) is 90.1 Å². The number of benzene rings is 7. The molecule has 248 valence electrons. The Morgan fingerprint density at radius 3 is 1.57 bits per heavy atom. The highest BCUT2D eigenvalue weighted by Gasteiger charge is 2.19. The molecule has 0 saturated heterocycles. The minimum atomic E-state index is 0.546. The van der Waals surface area contributed by atoms with Gasteiger partial charge in [0.05, 0.1) is 11.6 Å². The van der Waals surface area contributed by atoms with Crippen LogP contribution in [0.3, 0.4) is 0 Å². The molecule has 0 atom stereocenters. The van der Waals surface area contributed by atoms with Crippen LogP contribution in [0.15, 0.2) is 180 Å². The van der Waals surface area contributed by atoms with Crippen LogP contribution in [0.4, 0.5) is 0 Å². The zero-order valence-corrected chi connectivity index (χ0v) is 28.4. The van der Waals surface area contributed by atoms with Crippen LogP contribution < -0.4 is 0 Å². The van der Waals surface area contributed by atoms with Gasteiger partial charge in [-0.05, 0) is 69.8 Å². The first-order valence-electron chi connectivity index (χ1n) is 17.3. The van der Waals surface area contributed by atoms with Crippen molar-refractivity contribution in [3.63, 3.8) is 0 Å². The van der Waals surface area contributed by atoms with Gasteiger partial charge in [0, 0.05) is 22.3 Å². The highest BCUT2D eigenvalue weighted by molar-refractivity contribution is 5.91. The van der Waals surface area contributed by atoms with Gasteiger partial charge in [0.15, 0.2) is 23.1 Å². The number of aromatic nitrogens is 4. The van der Waals surface area contributed by atoms with Crippen LogP contribution in [0.2, 0.25) is 0 Å². The van der Waals surface area contributed by atoms with Crippen molar-refractivity contribution in [3.8, 4) is 85.1 Å². The second-order valence-electron chi connectivity index (χ2n) is 12.6. The molecule has 53 heavy (non-hydrogen) atoms. The third-order valence-electron chi connectivity index (χ3n) is 9.26. The number of fused-ring (bicyclic) bond motifs is 1. The van der Waals surface area contributed by atoms with E-state index in [1.807, 2.05) is 115 Å². The molecule has 6 heteroatoms. The van der Waals surface area contributed by atoms with Gasteiger partial charge in [-0.25, -0.2) is 19.9 Å². The van der Waals surface area contributed by atoms with Crippen LogP contribution in [0.1, 0.15) is 5.56 Å². The van der Waals surface area contributed by atoms with E-state index in [0.717, 1.165) is 66.7 Å². The Morgan fingerprint density at radius 1 is 0.377 bits per heavy atom. The van der Waals surface area contributed by atoms with E-state index in [-0.39, 0.29) is 0 Å². The van der Waals surface area contributed by atoms with Crippen molar-refractivity contribution in [2.75, 3.05) is 0 Å². The Bertz CT molecular complexity index is 2770. The molecule has 0 amide bonds. The Hall–Kier alpha value is -7.49. The maximum Gasteiger partial charge on any atom is 0.227 e. The first-order valence-corrected chi connectivity index (χ1v) is 17.3. The number of hydrogen-bond acceptors (Lipinski definition) is 6. The fourth-order valence-corrected chi connectivity index (χ4v) is 6.69. The first-order chi connectivity index (χ1) is 26.2. The van der Waals surface area contributed by atoms with E-state index in [1.165, 1.54) is 0 Å². The van der Waals surface area contributed by atoms with Gasteiger partial charge in [0.25, 0.3) is 0 Å². The van der Waals surface area contributed by atoms with E-state index in [9.17, 15) is 5.26 Å². The summed E-state index contributed by atoms with van der Waals surface area (Å²) in [5.74, 6) is 2.27. The Morgan fingerprint density at radius 2 is 0.887 bits per heavy atom. The summed E-state index contributed by atoms with van der Waals surface area (Å²) in [7, 11) is 0. The van der Waals surface area contributed by atoms with Gasteiger partial charge in [-0.1, -0.05) is 140 Å². The van der Waals surface area contributed by atoms with Crippen molar-refractivity contribution in [3.05, 3.63) is 181 Å². The highest BCUT2D eigenvalue weighted by Crippen LogP contribution is 2.39. The van der Waals surface area contributed by atoms with Gasteiger partial charge in [0.2, 0.25) is 5.89 Å². The summed E-state index contributed by atoms with van der Waals surface area (Å²) in [6, 6.07) is 60.6. The largest absolute Gasteiger partial charge is 0.436 e. The number of nitrogens with zero attached hydrogens (tertiary/aromatic N) is 5. The zero-order valence-electron chi connectivity index (χ0n) is 28.4. The van der Waals surface area contributed by atoms with E-state index in [0.29, 0.717) is 28.9 Å². The minimum Gasteiger partial charge on any atom is -0.436 e. The van der Waals surface area contributed by atoms with E-state index in [2.05, 4.69) is 71.7 Å². The van der Waals surface area contributed by atoms with Crippen molar-refractivity contribution in [2.45, 2.75) is 0 Å². The zero-order chi connectivity index (χ0) is 35.6. The predicted molar refractivity (Wildman–Crippen MR) is 210 cm³/mol. The number of rotatable bonds is 7. The molecule has 2 heterocycles. The molecule has 0 aliphatic rings. The Kier molecular flexibility index (Phi) is 8.12. The SMILES string of the molecule is N#Cc1cccc(-c2ccccc2-c2nc(-c3ccccc3)nc(-c3ccccc3-c3ccccc3-c3ccc(-c4nc5ccccc5o4)cc3)n2)c1. The molecule has 9 aromatic rings. The summed E-state index contributed by atoms with van der Waals surface area (Å²) in [5, 5.41) is 9.63. The van der Waals surface area contributed by atoms with E-state index >= 15 is 0 Å². The molecule has 0 aliphatic carbocycles. The Labute approximate surface area is 306 Å². The highest BCUT2D eigenvalue weighted by atomic mass is 16.3. The van der Waals surface area contributed by atoms with Gasteiger partial charge >= 0.3 is 0 Å². The normalized spacial score (nSPS) is 11.0. The van der Waals surface area contributed by atoms with E-state index in [1.54, 1.807) is 0 Å². The summed E-state index contributed by atoms with van der Waals surface area (Å²) in [4.78, 5) is 20.0. The summed E-state index contributed by atoms with van der Waals surface area (Å²) >= 11 is 0. The average Bonchev–Trinajstić information content (AvgIpc) is 3.69. The summed E-state index contributed by atoms with van der Waals surface area (Å²) in [6.45, 7) is 0. The monoisotopic (exact) mass is 679 g/mol. The number of nitriles is 1. The molecule has 2 aromatic heterocycles. The maximum absolute atomic E-state index is 9.63. The molecule has 0 saturated carbocycles. The van der Waals surface area contributed by atoms with E-state index < -0.39 is 0 Å². The lowest BCUT2D eigenvalue weighted by Gasteiger charge is -2.16. The molecule has 0 fully saturated rings. The van der Waals surface area contributed by atoms with Crippen molar-refractivity contribution in [1.29, 1.82) is 5.26 Å². The molecule has 0 unspecified atom stereocenters. The third kappa shape index (κ3) is 6.13. The fourth-order valence-electron chi connectivity index (χ4n) is 6.69. The lowest BCUT2D eigenvalue weighted by atomic mass is 9.91. The predicted octanol–water partition coefficient (Wildman–Crippen LogP) is 11.6. The smallest absolute Gasteiger partial charge is 0.227 e. The van der Waals surface area contributed by atoms with Crippen molar-refractivity contribution < 1.29 is 4.42 Å². The van der Waals surface area contributed by atoms with Crippen LogP contribution in [-0.4, -0.2) is 19.9 Å². The standard InChI is InChI=1S/C47H29N5O/c48-30-31-13-12-16-35(29-31)37-18-5-8-21-40(37)45-50-44(33-14-2-1-3-15-33)51-46(52-45)41-22-9-7-20-39(41)38-19-6-4-17-36(38)32-25-27-34(28-26-32)47-49-42-23-10-11-24-43(42)53-47/h1-29H. The van der Waals surface area contributed by atoms with Crippen LogP contribution in [0, 0.1) is 11.3 Å². The number of para-hydroxylation sites is 2.